The van der Waals surface area contributed by atoms with Crippen molar-refractivity contribution < 1.29 is 0 Å². The third kappa shape index (κ3) is 1.20. The van der Waals surface area contributed by atoms with Crippen molar-refractivity contribution in [3.8, 4) is 0 Å². The Labute approximate surface area is 54.0 Å². The van der Waals surface area contributed by atoms with Crippen LogP contribution in [0.15, 0.2) is 0 Å². The van der Waals surface area contributed by atoms with Gasteiger partial charge in [0.05, 0.1) is 3.94 Å². The average Bonchev–Trinajstić information content (AvgIpc) is 1.33. The largest absolute Gasteiger partial charge is 0.0905 e. The van der Waals surface area contributed by atoms with Crippen LogP contribution in [0.3, 0.4) is 0 Å². The van der Waals surface area contributed by atoms with Gasteiger partial charge in [-0.2, -0.15) is 0 Å². The lowest BCUT2D eigenvalue weighted by Crippen LogP contribution is -1.89. The third-order valence-corrected chi connectivity index (χ3v) is 8.59. The second-order valence-corrected chi connectivity index (χ2v) is 10.6. The Balaban J connectivity index is 2.47. The average molecular weight is 172 g/mol. The van der Waals surface area contributed by atoms with Crippen LogP contribution in [0.25, 0.3) is 0 Å². The second-order valence-electron chi connectivity index (χ2n) is 0.708. The van der Waals surface area contributed by atoms with E-state index in [0.717, 1.165) is 11.7 Å². The molecule has 0 amide bonds. The smallest absolute Gasteiger partial charge is 0.0705 e. The van der Waals surface area contributed by atoms with Crippen LogP contribution in [0.5, 0.6) is 0 Å². The maximum absolute atomic E-state index is 4.86. The Bertz CT molecular complexity index is 84.1. The minimum Gasteiger partial charge on any atom is -0.0705 e. The molecular weight excluding hydrogens is 171 g/mol. The predicted octanol–water partition coefficient (Wildman–Crippen LogP) is 1.61. The van der Waals surface area contributed by atoms with Gasteiger partial charge in [0.2, 0.25) is 0 Å². The van der Waals surface area contributed by atoms with Gasteiger partial charge < -0.3 is 0 Å². The van der Waals surface area contributed by atoms with Gasteiger partial charge in [0.15, 0.2) is 0 Å². The standard InChI is InChI=1S/CHPS4/c3-1-2-6(4)5-1/h2H. The number of hydrogen-bond donors (Lipinski definition) is 0. The van der Waals surface area contributed by atoms with E-state index in [2.05, 4.69) is 0 Å². The van der Waals surface area contributed by atoms with Gasteiger partial charge in [0, 0.05) is 7.78 Å². The van der Waals surface area contributed by atoms with Crippen molar-refractivity contribution in [1.82, 2.24) is 0 Å². The Kier molecular flexibility index (Phi) is 1.99. The molecule has 0 aromatic carbocycles. The maximum Gasteiger partial charge on any atom is 0.0905 e. The fourth-order valence-corrected chi connectivity index (χ4v) is 9.14. The Morgan fingerprint density at radius 3 is 2.33 bits per heavy atom. The van der Waals surface area contributed by atoms with E-state index in [9.17, 15) is 0 Å². The molecule has 0 N–H and O–H groups in total. The Hall–Kier alpha value is 1.44. The maximum atomic E-state index is 4.86. The molecule has 1 heterocycles. The quantitative estimate of drug-likeness (QED) is 0.309. The van der Waals surface area contributed by atoms with Crippen LogP contribution in [0.2, 0.25) is 0 Å². The van der Waals surface area contributed by atoms with Crippen LogP contribution in [0.1, 0.15) is 0 Å². The molecule has 0 nitrogen and oxygen atoms in total. The van der Waals surface area contributed by atoms with Crippen molar-refractivity contribution in [2.75, 3.05) is 0 Å². The fraction of sp³-hybridized carbons (Fsp3) is 0. The van der Waals surface area contributed by atoms with E-state index in [4.69, 9.17) is 23.4 Å². The van der Waals surface area contributed by atoms with Crippen molar-refractivity contribution in [2.24, 2.45) is 0 Å². The van der Waals surface area contributed by atoms with Gasteiger partial charge in [0.25, 0.3) is 0 Å². The SMILES string of the molecule is S=C1PS(=S)S1. The van der Waals surface area contributed by atoms with Crippen LogP contribution < -0.4 is 0 Å². The van der Waals surface area contributed by atoms with Gasteiger partial charge in [0.1, 0.15) is 0 Å². The molecule has 2 unspecified atom stereocenters. The molecule has 1 aliphatic heterocycles. The summed E-state index contributed by atoms with van der Waals surface area (Å²) in [5, 5.41) is 0. The van der Waals surface area contributed by atoms with Crippen LogP contribution in [0.4, 0.5) is 0 Å². The summed E-state index contributed by atoms with van der Waals surface area (Å²) in [5.74, 6) is 0. The minimum absolute atomic E-state index is 0.215. The van der Waals surface area contributed by atoms with Crippen LogP contribution in [0, 0.1) is 0 Å². The van der Waals surface area contributed by atoms with Crippen LogP contribution >= 0.6 is 30.8 Å². The molecule has 2 atom stereocenters. The first-order chi connectivity index (χ1) is 2.79. The molecule has 0 aromatic heterocycles. The molecule has 0 aromatic rings. The molecular formula is CHPS4. The van der Waals surface area contributed by atoms with E-state index in [1.54, 1.807) is 10.8 Å². The van der Waals surface area contributed by atoms with Gasteiger partial charge in [-0.15, -0.1) is 0 Å². The lowest BCUT2D eigenvalue weighted by molar-refractivity contribution is 4.07. The van der Waals surface area contributed by atoms with Crippen molar-refractivity contribution in [3.63, 3.8) is 0 Å². The van der Waals surface area contributed by atoms with Crippen molar-refractivity contribution in [3.05, 3.63) is 0 Å². The highest BCUT2D eigenvalue weighted by Gasteiger charge is 2.13. The first kappa shape index (κ1) is 5.57. The van der Waals surface area contributed by atoms with Crippen molar-refractivity contribution in [1.29, 1.82) is 0 Å². The van der Waals surface area contributed by atoms with Gasteiger partial charge in [-0.3, -0.25) is 0 Å². The fourth-order valence-electron chi connectivity index (χ4n) is 0.141. The zero-order chi connectivity index (χ0) is 4.57. The first-order valence-corrected chi connectivity index (χ1v) is 6.81. The molecule has 1 aliphatic rings. The summed E-state index contributed by atoms with van der Waals surface area (Å²) in [7, 11) is 2.69. The molecule has 1 fully saturated rings. The van der Waals surface area contributed by atoms with E-state index in [1.807, 2.05) is 0 Å². The lowest BCUT2D eigenvalue weighted by Gasteiger charge is -2.12. The highest BCUT2D eigenvalue weighted by molar-refractivity contribution is 9.16. The van der Waals surface area contributed by atoms with Crippen molar-refractivity contribution >= 4 is 54.0 Å². The summed E-state index contributed by atoms with van der Waals surface area (Å²) < 4.78 is 1.12. The van der Waals surface area contributed by atoms with Gasteiger partial charge in [-0.25, -0.2) is 0 Å². The topological polar surface area (TPSA) is 0 Å². The molecule has 34 valence electrons. The van der Waals surface area contributed by atoms with E-state index in [0.29, 0.717) is 0 Å². The number of thiocarbonyl (C=S) groups is 1. The van der Waals surface area contributed by atoms with E-state index < -0.39 is 0 Å². The van der Waals surface area contributed by atoms with E-state index in [1.165, 1.54) is 0 Å². The molecule has 0 aliphatic carbocycles. The zero-order valence-corrected chi connectivity index (χ0v) is 6.90. The zero-order valence-electron chi connectivity index (χ0n) is 2.63. The summed E-state index contributed by atoms with van der Waals surface area (Å²) in [4.78, 5) is 0. The van der Waals surface area contributed by atoms with Gasteiger partial charge in [-0.05, 0) is 30.1 Å². The highest BCUT2D eigenvalue weighted by Crippen LogP contribution is 2.46. The molecule has 0 bridgehead atoms. The third-order valence-electron chi connectivity index (χ3n) is 0.318. The molecule has 1 rings (SSSR count). The molecule has 6 heavy (non-hydrogen) atoms. The molecule has 0 spiro atoms. The van der Waals surface area contributed by atoms with Gasteiger partial charge >= 0.3 is 0 Å². The normalized spacial score (nSPS) is 36.7. The second kappa shape index (κ2) is 2.14. The number of hydrogen-bond acceptors (Lipinski definition) is 3. The summed E-state index contributed by atoms with van der Waals surface area (Å²) in [6.45, 7) is 0. The molecule has 5 heteroatoms. The summed E-state index contributed by atoms with van der Waals surface area (Å²) in [6, 6.07) is 0. The van der Waals surface area contributed by atoms with E-state index in [-0.39, 0.29) is 8.11 Å². The monoisotopic (exact) mass is 172 g/mol. The predicted molar refractivity (Wildman–Crippen MR) is 43.2 cm³/mol. The minimum atomic E-state index is 0.215. The first-order valence-electron chi connectivity index (χ1n) is 1.20. The Morgan fingerprint density at radius 2 is 2.33 bits per heavy atom. The van der Waals surface area contributed by atoms with Gasteiger partial charge in [-0.1, -0.05) is 12.2 Å². The van der Waals surface area contributed by atoms with Crippen LogP contribution in [-0.4, -0.2) is 3.94 Å². The van der Waals surface area contributed by atoms with E-state index >= 15 is 0 Å². The summed E-state index contributed by atoms with van der Waals surface area (Å²) in [6.07, 6.45) is 0. The Morgan fingerprint density at radius 1 is 1.83 bits per heavy atom. The van der Waals surface area contributed by atoms with Crippen molar-refractivity contribution in [2.45, 2.75) is 0 Å². The molecule has 0 saturated carbocycles. The van der Waals surface area contributed by atoms with Crippen LogP contribution in [-0.2, 0) is 19.3 Å². The summed E-state index contributed by atoms with van der Waals surface area (Å²) in [5.41, 5.74) is 0. The molecule has 1 saturated heterocycles. The highest BCUT2D eigenvalue weighted by atomic mass is 33.5. The summed E-state index contributed by atoms with van der Waals surface area (Å²) >= 11 is 9.64. The lowest BCUT2D eigenvalue weighted by atomic mass is 11.9. The number of rotatable bonds is 0. The molecule has 0 radical (unpaired) electrons.